The zero-order valence-corrected chi connectivity index (χ0v) is 14.3. The van der Waals surface area contributed by atoms with E-state index in [-0.39, 0.29) is 24.2 Å². The van der Waals surface area contributed by atoms with Crippen LogP contribution in [0.1, 0.15) is 37.4 Å². The van der Waals surface area contributed by atoms with E-state index in [2.05, 4.69) is 11.4 Å². The van der Waals surface area contributed by atoms with Crippen LogP contribution in [0.5, 0.6) is 11.5 Å². The summed E-state index contributed by atoms with van der Waals surface area (Å²) in [6.45, 7) is 6.12. The number of amides is 1. The van der Waals surface area contributed by atoms with E-state index in [9.17, 15) is 4.79 Å². The third-order valence-electron chi connectivity index (χ3n) is 4.07. The summed E-state index contributed by atoms with van der Waals surface area (Å²) < 4.78 is 11.6. The summed E-state index contributed by atoms with van der Waals surface area (Å²) in [5.74, 6) is 1.40. The Bertz CT molecular complexity index is 725. The average molecular weight is 325 g/mol. The highest BCUT2D eigenvalue weighted by Gasteiger charge is 2.34. The molecule has 1 aliphatic rings. The standard InChI is InChI=1S/C20H23NO3/c1-14-9-10-18-16(11-14)17(12-20(2,3)24-18)21-19(22)13-23-15-7-5-4-6-8-15/h4-11,17H,12-13H2,1-3H3,(H,21,22). The Kier molecular flexibility index (Phi) is 4.47. The van der Waals surface area contributed by atoms with Crippen LogP contribution < -0.4 is 14.8 Å². The first-order valence-corrected chi connectivity index (χ1v) is 8.20. The lowest BCUT2D eigenvalue weighted by molar-refractivity contribution is -0.124. The molecule has 24 heavy (non-hydrogen) atoms. The van der Waals surface area contributed by atoms with Crippen molar-refractivity contribution in [3.8, 4) is 11.5 Å². The van der Waals surface area contributed by atoms with Crippen molar-refractivity contribution in [3.05, 3.63) is 59.7 Å². The summed E-state index contributed by atoms with van der Waals surface area (Å²) in [6.07, 6.45) is 0.723. The van der Waals surface area contributed by atoms with Gasteiger partial charge in [0.1, 0.15) is 17.1 Å². The molecule has 0 saturated heterocycles. The normalized spacial score (nSPS) is 18.2. The number of hydrogen-bond acceptors (Lipinski definition) is 3. The maximum absolute atomic E-state index is 12.3. The van der Waals surface area contributed by atoms with Crippen LogP contribution in [0.25, 0.3) is 0 Å². The molecular weight excluding hydrogens is 302 g/mol. The summed E-state index contributed by atoms with van der Waals surface area (Å²) in [5, 5.41) is 3.08. The molecule has 1 atom stereocenters. The van der Waals surface area contributed by atoms with Gasteiger partial charge in [-0.1, -0.05) is 35.9 Å². The lowest BCUT2D eigenvalue weighted by Crippen LogP contribution is -2.42. The number of para-hydroxylation sites is 1. The largest absolute Gasteiger partial charge is 0.487 e. The van der Waals surface area contributed by atoms with Crippen LogP contribution in [0.3, 0.4) is 0 Å². The second kappa shape index (κ2) is 6.56. The van der Waals surface area contributed by atoms with Gasteiger partial charge in [-0.3, -0.25) is 4.79 Å². The minimum Gasteiger partial charge on any atom is -0.487 e. The van der Waals surface area contributed by atoms with Gasteiger partial charge in [-0.2, -0.15) is 0 Å². The minimum atomic E-state index is -0.319. The topological polar surface area (TPSA) is 47.6 Å². The molecule has 2 aromatic rings. The van der Waals surface area contributed by atoms with E-state index in [1.807, 2.05) is 63.2 Å². The molecule has 3 rings (SSSR count). The van der Waals surface area contributed by atoms with Gasteiger partial charge in [0.15, 0.2) is 6.61 Å². The number of hydrogen-bond donors (Lipinski definition) is 1. The van der Waals surface area contributed by atoms with Gasteiger partial charge >= 0.3 is 0 Å². The fourth-order valence-corrected chi connectivity index (χ4v) is 3.00. The molecule has 0 saturated carbocycles. The Hall–Kier alpha value is -2.49. The molecule has 1 aliphatic heterocycles. The summed E-state index contributed by atoms with van der Waals surface area (Å²) in [7, 11) is 0. The molecule has 0 bridgehead atoms. The van der Waals surface area contributed by atoms with Gasteiger partial charge in [-0.05, 0) is 39.0 Å². The summed E-state index contributed by atoms with van der Waals surface area (Å²) in [6, 6.07) is 15.4. The molecule has 0 fully saturated rings. The first kappa shape index (κ1) is 16.4. The van der Waals surface area contributed by atoms with Crippen LogP contribution in [0, 0.1) is 6.92 Å². The second-order valence-electron chi connectivity index (χ2n) is 6.83. The van der Waals surface area contributed by atoms with Gasteiger partial charge in [0.05, 0.1) is 6.04 Å². The van der Waals surface area contributed by atoms with Crippen LogP contribution in [0.2, 0.25) is 0 Å². The maximum Gasteiger partial charge on any atom is 0.258 e. The number of fused-ring (bicyclic) bond motifs is 1. The van der Waals surface area contributed by atoms with Crippen molar-refractivity contribution in [2.75, 3.05) is 6.61 Å². The molecule has 0 radical (unpaired) electrons. The number of rotatable bonds is 4. The van der Waals surface area contributed by atoms with Crippen molar-refractivity contribution in [2.24, 2.45) is 0 Å². The first-order valence-electron chi connectivity index (χ1n) is 8.20. The fourth-order valence-electron chi connectivity index (χ4n) is 3.00. The van der Waals surface area contributed by atoms with Crippen molar-refractivity contribution in [2.45, 2.75) is 38.8 Å². The number of aryl methyl sites for hydroxylation is 1. The molecule has 4 heteroatoms. The Morgan fingerprint density at radius 2 is 2.00 bits per heavy atom. The van der Waals surface area contributed by atoms with Gasteiger partial charge in [0.2, 0.25) is 0 Å². The van der Waals surface area contributed by atoms with E-state index in [4.69, 9.17) is 9.47 Å². The van der Waals surface area contributed by atoms with Crippen molar-refractivity contribution >= 4 is 5.91 Å². The second-order valence-corrected chi connectivity index (χ2v) is 6.83. The summed E-state index contributed by atoms with van der Waals surface area (Å²) in [4.78, 5) is 12.3. The molecule has 1 amide bonds. The highest BCUT2D eigenvalue weighted by Crippen LogP contribution is 2.39. The number of carbonyl (C=O) groups excluding carboxylic acids is 1. The van der Waals surface area contributed by atoms with Gasteiger partial charge in [-0.15, -0.1) is 0 Å². The molecule has 2 aromatic carbocycles. The highest BCUT2D eigenvalue weighted by molar-refractivity contribution is 5.78. The number of ether oxygens (including phenoxy) is 2. The van der Waals surface area contributed by atoms with E-state index >= 15 is 0 Å². The number of carbonyl (C=O) groups is 1. The molecule has 0 aliphatic carbocycles. The minimum absolute atomic E-state index is 0.00292. The smallest absolute Gasteiger partial charge is 0.258 e. The zero-order chi connectivity index (χ0) is 17.2. The molecule has 126 valence electrons. The monoisotopic (exact) mass is 325 g/mol. The Morgan fingerprint density at radius 3 is 2.75 bits per heavy atom. The Balaban J connectivity index is 1.70. The molecule has 1 N–H and O–H groups in total. The molecule has 1 unspecified atom stereocenters. The summed E-state index contributed by atoms with van der Waals surface area (Å²) >= 11 is 0. The van der Waals surface area contributed by atoms with Crippen LogP contribution in [0.15, 0.2) is 48.5 Å². The molecular formula is C20H23NO3. The van der Waals surface area contributed by atoms with Crippen LogP contribution >= 0.6 is 0 Å². The van der Waals surface area contributed by atoms with E-state index in [0.29, 0.717) is 5.75 Å². The van der Waals surface area contributed by atoms with Gasteiger partial charge < -0.3 is 14.8 Å². The van der Waals surface area contributed by atoms with E-state index in [1.54, 1.807) is 0 Å². The summed E-state index contributed by atoms with van der Waals surface area (Å²) in [5.41, 5.74) is 1.86. The number of benzene rings is 2. The van der Waals surface area contributed by atoms with E-state index in [1.165, 1.54) is 0 Å². The number of nitrogens with one attached hydrogen (secondary N) is 1. The highest BCUT2D eigenvalue weighted by atomic mass is 16.5. The van der Waals surface area contributed by atoms with Gasteiger partial charge in [0.25, 0.3) is 5.91 Å². The average Bonchev–Trinajstić information content (AvgIpc) is 2.54. The third-order valence-corrected chi connectivity index (χ3v) is 4.07. The molecule has 0 aromatic heterocycles. The van der Waals surface area contributed by atoms with Crippen LogP contribution in [-0.4, -0.2) is 18.1 Å². The lowest BCUT2D eigenvalue weighted by atomic mass is 9.89. The van der Waals surface area contributed by atoms with Crippen LogP contribution in [-0.2, 0) is 4.79 Å². The van der Waals surface area contributed by atoms with Crippen molar-refractivity contribution < 1.29 is 14.3 Å². The predicted octanol–water partition coefficient (Wildman–Crippen LogP) is 3.79. The fraction of sp³-hybridized carbons (Fsp3) is 0.350. The first-order chi connectivity index (χ1) is 11.4. The van der Waals surface area contributed by atoms with Crippen molar-refractivity contribution in [3.63, 3.8) is 0 Å². The SMILES string of the molecule is Cc1ccc2c(c1)C(NC(=O)COc1ccccc1)CC(C)(C)O2. The van der Waals surface area contributed by atoms with E-state index in [0.717, 1.165) is 23.3 Å². The Labute approximate surface area is 142 Å². The van der Waals surface area contributed by atoms with Crippen LogP contribution in [0.4, 0.5) is 0 Å². The third kappa shape index (κ3) is 3.88. The zero-order valence-electron chi connectivity index (χ0n) is 14.3. The van der Waals surface area contributed by atoms with Gasteiger partial charge in [0, 0.05) is 12.0 Å². The van der Waals surface area contributed by atoms with E-state index < -0.39 is 0 Å². The maximum atomic E-state index is 12.3. The van der Waals surface area contributed by atoms with Crippen molar-refractivity contribution in [1.29, 1.82) is 0 Å². The Morgan fingerprint density at radius 1 is 1.25 bits per heavy atom. The van der Waals surface area contributed by atoms with Gasteiger partial charge in [-0.25, -0.2) is 0 Å². The van der Waals surface area contributed by atoms with Crippen molar-refractivity contribution in [1.82, 2.24) is 5.32 Å². The quantitative estimate of drug-likeness (QED) is 0.930. The molecule has 4 nitrogen and oxygen atoms in total. The molecule has 1 heterocycles. The predicted molar refractivity (Wildman–Crippen MR) is 93.3 cm³/mol. The lowest BCUT2D eigenvalue weighted by Gasteiger charge is -2.38. The molecule has 0 spiro atoms.